The third kappa shape index (κ3) is 1.60. The van der Waals surface area contributed by atoms with E-state index in [2.05, 4.69) is 22.0 Å². The Balaban J connectivity index is 2.31. The van der Waals surface area contributed by atoms with Gasteiger partial charge in [-0.25, -0.2) is 14.6 Å². The average Bonchev–Trinajstić information content (AvgIpc) is 2.79. The first-order valence-corrected chi connectivity index (χ1v) is 5.25. The summed E-state index contributed by atoms with van der Waals surface area (Å²) in [5, 5.41) is 7.08. The van der Waals surface area contributed by atoms with Crippen LogP contribution in [-0.2, 0) is 0 Å². The van der Waals surface area contributed by atoms with Crippen molar-refractivity contribution in [2.45, 2.75) is 19.4 Å². The lowest BCUT2D eigenvalue weighted by Crippen LogP contribution is -2.10. The van der Waals surface area contributed by atoms with Crippen LogP contribution in [0, 0.1) is 0 Å². The molecule has 0 amide bonds. The Labute approximate surface area is 85.6 Å². The Bertz CT molecular complexity index is 394. The van der Waals surface area contributed by atoms with E-state index >= 15 is 0 Å². The van der Waals surface area contributed by atoms with E-state index in [-0.39, 0.29) is 6.04 Å². The second-order valence-electron chi connectivity index (χ2n) is 2.88. The molecule has 0 aliphatic heterocycles. The van der Waals surface area contributed by atoms with Crippen molar-refractivity contribution >= 4 is 17.3 Å². The van der Waals surface area contributed by atoms with Crippen LogP contribution in [0.1, 0.15) is 24.4 Å². The molecular formula is C8H11N5S. The lowest BCUT2D eigenvalue weighted by atomic mass is 10.2. The summed E-state index contributed by atoms with van der Waals surface area (Å²) in [6, 6.07) is 0.153. The van der Waals surface area contributed by atoms with Crippen LogP contribution in [0.4, 0.5) is 5.95 Å². The van der Waals surface area contributed by atoms with Crippen molar-refractivity contribution in [2.24, 2.45) is 0 Å². The fraction of sp³-hybridized carbons (Fsp3) is 0.375. The number of hydrogen-bond donors (Lipinski definition) is 1. The Kier molecular flexibility index (Phi) is 2.45. The van der Waals surface area contributed by atoms with Gasteiger partial charge in [-0.15, -0.1) is 16.4 Å². The SMILES string of the molecule is CCC(c1nccs1)n1cnc(N)n1. The van der Waals surface area contributed by atoms with Gasteiger partial charge in [-0.3, -0.25) is 0 Å². The van der Waals surface area contributed by atoms with Gasteiger partial charge in [0.2, 0.25) is 5.95 Å². The minimum Gasteiger partial charge on any atom is -0.367 e. The molecule has 2 aromatic rings. The highest BCUT2D eigenvalue weighted by Crippen LogP contribution is 2.22. The maximum atomic E-state index is 5.46. The van der Waals surface area contributed by atoms with E-state index in [1.165, 1.54) is 0 Å². The monoisotopic (exact) mass is 209 g/mol. The van der Waals surface area contributed by atoms with Gasteiger partial charge in [0.25, 0.3) is 0 Å². The summed E-state index contributed by atoms with van der Waals surface area (Å²) in [6.45, 7) is 2.09. The van der Waals surface area contributed by atoms with Gasteiger partial charge in [0.05, 0.1) is 0 Å². The van der Waals surface area contributed by atoms with Crippen molar-refractivity contribution in [3.63, 3.8) is 0 Å². The molecule has 2 aromatic heterocycles. The van der Waals surface area contributed by atoms with Crippen LogP contribution in [0.3, 0.4) is 0 Å². The number of nitrogens with two attached hydrogens (primary N) is 1. The molecule has 0 aliphatic rings. The average molecular weight is 209 g/mol. The molecule has 0 aliphatic carbocycles. The van der Waals surface area contributed by atoms with Gasteiger partial charge >= 0.3 is 0 Å². The molecule has 0 saturated carbocycles. The van der Waals surface area contributed by atoms with Gasteiger partial charge in [-0.1, -0.05) is 6.92 Å². The zero-order valence-corrected chi connectivity index (χ0v) is 8.61. The molecule has 2 heterocycles. The zero-order valence-electron chi connectivity index (χ0n) is 7.79. The molecule has 6 heteroatoms. The van der Waals surface area contributed by atoms with Crippen LogP contribution in [0.2, 0.25) is 0 Å². The summed E-state index contributed by atoms with van der Waals surface area (Å²) >= 11 is 1.62. The Morgan fingerprint density at radius 1 is 1.57 bits per heavy atom. The summed E-state index contributed by atoms with van der Waals surface area (Å²) < 4.78 is 1.76. The fourth-order valence-corrected chi connectivity index (χ4v) is 2.13. The van der Waals surface area contributed by atoms with E-state index in [1.807, 2.05) is 5.38 Å². The van der Waals surface area contributed by atoms with Crippen LogP contribution >= 0.6 is 11.3 Å². The largest absolute Gasteiger partial charge is 0.367 e. The third-order valence-electron chi connectivity index (χ3n) is 1.97. The van der Waals surface area contributed by atoms with Crippen LogP contribution in [-0.4, -0.2) is 19.7 Å². The summed E-state index contributed by atoms with van der Waals surface area (Å²) in [6.07, 6.45) is 4.37. The van der Waals surface area contributed by atoms with Crippen molar-refractivity contribution in [1.82, 2.24) is 19.7 Å². The molecule has 0 fully saturated rings. The number of thiazole rings is 1. The van der Waals surface area contributed by atoms with E-state index in [1.54, 1.807) is 28.5 Å². The molecule has 0 bridgehead atoms. The molecule has 1 unspecified atom stereocenters. The molecule has 0 radical (unpaired) electrons. The minimum atomic E-state index is 0.153. The van der Waals surface area contributed by atoms with E-state index < -0.39 is 0 Å². The molecule has 2 rings (SSSR count). The predicted octanol–water partition coefficient (Wildman–Crippen LogP) is 1.32. The smallest absolute Gasteiger partial charge is 0.239 e. The summed E-state index contributed by atoms with van der Waals surface area (Å²) in [7, 11) is 0. The van der Waals surface area contributed by atoms with Crippen molar-refractivity contribution in [2.75, 3.05) is 5.73 Å². The van der Waals surface area contributed by atoms with Gasteiger partial charge in [0, 0.05) is 11.6 Å². The second kappa shape index (κ2) is 3.75. The maximum absolute atomic E-state index is 5.46. The van der Waals surface area contributed by atoms with Crippen molar-refractivity contribution in [3.8, 4) is 0 Å². The lowest BCUT2D eigenvalue weighted by molar-refractivity contribution is 0.507. The highest BCUT2D eigenvalue weighted by molar-refractivity contribution is 7.09. The van der Waals surface area contributed by atoms with Gasteiger partial charge in [0.1, 0.15) is 17.4 Å². The Hall–Kier alpha value is -1.43. The molecule has 0 saturated heterocycles. The first-order valence-electron chi connectivity index (χ1n) is 4.37. The number of aromatic nitrogens is 4. The first-order chi connectivity index (χ1) is 6.81. The molecule has 2 N–H and O–H groups in total. The number of rotatable bonds is 3. The molecule has 0 aromatic carbocycles. The maximum Gasteiger partial charge on any atom is 0.239 e. The van der Waals surface area contributed by atoms with E-state index in [9.17, 15) is 0 Å². The molecule has 0 spiro atoms. The first kappa shape index (κ1) is 9.14. The fourth-order valence-electron chi connectivity index (χ4n) is 1.31. The standard InChI is InChI=1S/C8H11N5S/c1-2-6(7-10-3-4-14-7)13-5-11-8(9)12-13/h3-6H,2H2,1H3,(H2,9,12). The van der Waals surface area contributed by atoms with Crippen LogP contribution in [0.15, 0.2) is 17.9 Å². The Morgan fingerprint density at radius 3 is 2.93 bits per heavy atom. The molecule has 74 valence electrons. The zero-order chi connectivity index (χ0) is 9.97. The molecular weight excluding hydrogens is 198 g/mol. The van der Waals surface area contributed by atoms with E-state index in [4.69, 9.17) is 5.73 Å². The summed E-state index contributed by atoms with van der Waals surface area (Å²) in [4.78, 5) is 8.16. The second-order valence-corrected chi connectivity index (χ2v) is 3.80. The number of hydrogen-bond acceptors (Lipinski definition) is 5. The van der Waals surface area contributed by atoms with E-state index in [0.29, 0.717) is 5.95 Å². The molecule has 14 heavy (non-hydrogen) atoms. The number of nitrogen functional groups attached to an aromatic ring is 1. The van der Waals surface area contributed by atoms with Crippen LogP contribution < -0.4 is 5.73 Å². The van der Waals surface area contributed by atoms with Gasteiger partial charge in [0.15, 0.2) is 0 Å². The predicted molar refractivity (Wildman–Crippen MR) is 55.0 cm³/mol. The Morgan fingerprint density at radius 2 is 2.43 bits per heavy atom. The number of anilines is 1. The van der Waals surface area contributed by atoms with Crippen LogP contribution in [0.5, 0.6) is 0 Å². The van der Waals surface area contributed by atoms with Gasteiger partial charge in [-0.2, -0.15) is 0 Å². The van der Waals surface area contributed by atoms with Gasteiger partial charge in [-0.05, 0) is 6.42 Å². The third-order valence-corrected chi connectivity index (χ3v) is 2.85. The normalized spacial score (nSPS) is 12.9. The number of nitrogens with zero attached hydrogens (tertiary/aromatic N) is 4. The van der Waals surface area contributed by atoms with Gasteiger partial charge < -0.3 is 5.73 Å². The quantitative estimate of drug-likeness (QED) is 0.827. The summed E-state index contributed by atoms with van der Waals surface area (Å²) in [5.41, 5.74) is 5.46. The van der Waals surface area contributed by atoms with Crippen molar-refractivity contribution < 1.29 is 0 Å². The molecule has 5 nitrogen and oxygen atoms in total. The topological polar surface area (TPSA) is 69.6 Å². The van der Waals surface area contributed by atoms with Crippen molar-refractivity contribution in [3.05, 3.63) is 22.9 Å². The minimum absolute atomic E-state index is 0.153. The molecule has 1 atom stereocenters. The lowest BCUT2D eigenvalue weighted by Gasteiger charge is -2.10. The van der Waals surface area contributed by atoms with E-state index in [0.717, 1.165) is 11.4 Å². The van der Waals surface area contributed by atoms with Crippen LogP contribution in [0.25, 0.3) is 0 Å². The highest BCUT2D eigenvalue weighted by Gasteiger charge is 2.15. The highest BCUT2D eigenvalue weighted by atomic mass is 32.1. The van der Waals surface area contributed by atoms with Crippen molar-refractivity contribution in [1.29, 1.82) is 0 Å². The summed E-state index contributed by atoms with van der Waals surface area (Å²) in [5.74, 6) is 0.306.